The van der Waals surface area contributed by atoms with E-state index in [4.69, 9.17) is 11.6 Å². The van der Waals surface area contributed by atoms with Gasteiger partial charge in [-0.15, -0.1) is 0 Å². The fraction of sp³-hybridized carbons (Fsp3) is 0.583. The Morgan fingerprint density at radius 3 is 2.75 bits per heavy atom. The summed E-state index contributed by atoms with van der Waals surface area (Å²) in [5.74, 6) is 1.54. The van der Waals surface area contributed by atoms with Crippen LogP contribution < -0.4 is 4.90 Å². The van der Waals surface area contributed by atoms with E-state index in [9.17, 15) is 0 Å². The van der Waals surface area contributed by atoms with Crippen LogP contribution in [0.25, 0.3) is 5.95 Å². The van der Waals surface area contributed by atoms with E-state index in [0.29, 0.717) is 23.9 Å². The highest BCUT2D eigenvalue weighted by Crippen LogP contribution is 2.31. The zero-order valence-corrected chi connectivity index (χ0v) is 12.2. The number of nitrogens with zero attached hydrogens (tertiary/aromatic N) is 7. The van der Waals surface area contributed by atoms with Crippen LogP contribution in [0.5, 0.6) is 0 Å². The first-order chi connectivity index (χ1) is 9.63. The van der Waals surface area contributed by atoms with Crippen molar-refractivity contribution in [2.24, 2.45) is 5.92 Å². The molecule has 0 bridgehead atoms. The van der Waals surface area contributed by atoms with Gasteiger partial charge in [0.25, 0.3) is 5.95 Å². The van der Waals surface area contributed by atoms with Gasteiger partial charge in [-0.05, 0) is 30.4 Å². The van der Waals surface area contributed by atoms with E-state index in [-0.39, 0.29) is 5.28 Å². The van der Waals surface area contributed by atoms with Crippen LogP contribution >= 0.6 is 11.6 Å². The van der Waals surface area contributed by atoms with Gasteiger partial charge in [0.05, 0.1) is 0 Å². The standard InChI is InChI=1S/C12H16ClN7/c1-8(2)5-19(9-3-4-9)11-16-10(13)17-12(18-11)20-7-14-6-15-20/h6-9H,3-5H2,1-2H3. The van der Waals surface area contributed by atoms with E-state index in [1.54, 1.807) is 6.33 Å². The number of anilines is 1. The Morgan fingerprint density at radius 1 is 1.35 bits per heavy atom. The topological polar surface area (TPSA) is 72.6 Å². The highest BCUT2D eigenvalue weighted by molar-refractivity contribution is 6.28. The molecule has 3 rings (SSSR count). The van der Waals surface area contributed by atoms with E-state index < -0.39 is 0 Å². The third-order valence-corrected chi connectivity index (χ3v) is 3.18. The summed E-state index contributed by atoms with van der Waals surface area (Å²) >= 11 is 6.02. The minimum absolute atomic E-state index is 0.176. The van der Waals surface area contributed by atoms with Crippen LogP contribution in [0.1, 0.15) is 26.7 Å². The molecule has 20 heavy (non-hydrogen) atoms. The molecule has 0 spiro atoms. The quantitative estimate of drug-likeness (QED) is 0.836. The minimum atomic E-state index is 0.176. The first-order valence-electron chi connectivity index (χ1n) is 6.66. The van der Waals surface area contributed by atoms with Gasteiger partial charge in [-0.2, -0.15) is 24.7 Å². The van der Waals surface area contributed by atoms with Crippen LogP contribution in [0.3, 0.4) is 0 Å². The van der Waals surface area contributed by atoms with E-state index >= 15 is 0 Å². The molecular weight excluding hydrogens is 278 g/mol. The average molecular weight is 294 g/mol. The van der Waals surface area contributed by atoms with Gasteiger partial charge in [-0.25, -0.2) is 4.98 Å². The van der Waals surface area contributed by atoms with Crippen molar-refractivity contribution in [3.8, 4) is 5.95 Å². The summed E-state index contributed by atoms with van der Waals surface area (Å²) in [6, 6.07) is 0.513. The molecule has 1 aliphatic carbocycles. The Hall–Kier alpha value is -1.76. The molecule has 0 atom stereocenters. The molecule has 7 nitrogen and oxygen atoms in total. The zero-order chi connectivity index (χ0) is 14.1. The molecule has 0 saturated heterocycles. The minimum Gasteiger partial charge on any atom is -0.337 e. The second-order valence-corrected chi connectivity index (χ2v) is 5.66. The predicted octanol–water partition coefficient (Wildman–Crippen LogP) is 1.73. The summed E-state index contributed by atoms with van der Waals surface area (Å²) in [5, 5.41) is 4.20. The molecule has 0 unspecified atom stereocenters. The summed E-state index contributed by atoms with van der Waals surface area (Å²) in [7, 11) is 0. The Bertz CT molecular complexity index is 579. The first kappa shape index (κ1) is 13.2. The van der Waals surface area contributed by atoms with Crippen molar-refractivity contribution in [2.75, 3.05) is 11.4 Å². The van der Waals surface area contributed by atoms with Crippen molar-refractivity contribution >= 4 is 17.5 Å². The summed E-state index contributed by atoms with van der Waals surface area (Å²) in [4.78, 5) is 18.9. The molecule has 0 aromatic carbocycles. The maximum Gasteiger partial charge on any atom is 0.258 e. The molecule has 0 N–H and O–H groups in total. The molecule has 2 aromatic heterocycles. The van der Waals surface area contributed by atoms with E-state index in [1.807, 2.05) is 0 Å². The molecule has 106 valence electrons. The number of hydrogen-bond donors (Lipinski definition) is 0. The van der Waals surface area contributed by atoms with Crippen LogP contribution in [-0.2, 0) is 0 Å². The van der Waals surface area contributed by atoms with Crippen molar-refractivity contribution in [2.45, 2.75) is 32.7 Å². The third-order valence-electron chi connectivity index (χ3n) is 3.01. The normalized spacial score (nSPS) is 14.8. The molecule has 2 aromatic rings. The summed E-state index contributed by atoms with van der Waals surface area (Å²) in [6.45, 7) is 5.26. The van der Waals surface area contributed by atoms with Crippen LogP contribution in [0, 0.1) is 5.92 Å². The van der Waals surface area contributed by atoms with Crippen LogP contribution in [-0.4, -0.2) is 42.3 Å². The lowest BCUT2D eigenvalue weighted by Crippen LogP contribution is -2.32. The lowest BCUT2D eigenvalue weighted by molar-refractivity contribution is 0.594. The summed E-state index contributed by atoms with van der Waals surface area (Å²) in [6.07, 6.45) is 5.33. The van der Waals surface area contributed by atoms with Crippen LogP contribution in [0.2, 0.25) is 5.28 Å². The second-order valence-electron chi connectivity index (χ2n) is 5.32. The van der Waals surface area contributed by atoms with E-state index in [2.05, 4.69) is 43.8 Å². The maximum absolute atomic E-state index is 6.02. The van der Waals surface area contributed by atoms with Crippen molar-refractivity contribution in [3.05, 3.63) is 17.9 Å². The smallest absolute Gasteiger partial charge is 0.258 e. The predicted molar refractivity (Wildman–Crippen MR) is 75.0 cm³/mol. The van der Waals surface area contributed by atoms with E-state index in [1.165, 1.54) is 23.9 Å². The van der Waals surface area contributed by atoms with Crippen LogP contribution in [0.4, 0.5) is 5.95 Å². The molecule has 8 heteroatoms. The molecular formula is C12H16ClN7. The fourth-order valence-electron chi connectivity index (χ4n) is 2.05. The highest BCUT2D eigenvalue weighted by Gasteiger charge is 2.31. The van der Waals surface area contributed by atoms with Gasteiger partial charge >= 0.3 is 0 Å². The van der Waals surface area contributed by atoms with Gasteiger partial charge in [0, 0.05) is 12.6 Å². The highest BCUT2D eigenvalue weighted by atomic mass is 35.5. The van der Waals surface area contributed by atoms with Crippen molar-refractivity contribution in [1.82, 2.24) is 29.7 Å². The average Bonchev–Trinajstić information content (AvgIpc) is 3.08. The first-order valence-corrected chi connectivity index (χ1v) is 7.04. The summed E-state index contributed by atoms with van der Waals surface area (Å²) < 4.78 is 1.48. The fourth-order valence-corrected chi connectivity index (χ4v) is 2.20. The van der Waals surface area contributed by atoms with Crippen molar-refractivity contribution in [1.29, 1.82) is 0 Å². The second kappa shape index (κ2) is 5.32. The lowest BCUT2D eigenvalue weighted by Gasteiger charge is -2.24. The molecule has 1 saturated carbocycles. The largest absolute Gasteiger partial charge is 0.337 e. The van der Waals surface area contributed by atoms with Crippen molar-refractivity contribution < 1.29 is 0 Å². The SMILES string of the molecule is CC(C)CN(c1nc(Cl)nc(-n2cncn2)n1)C1CC1. The van der Waals surface area contributed by atoms with E-state index in [0.717, 1.165) is 6.54 Å². The molecule has 2 heterocycles. The third kappa shape index (κ3) is 2.87. The van der Waals surface area contributed by atoms with Gasteiger partial charge < -0.3 is 4.90 Å². The summed E-state index contributed by atoms with van der Waals surface area (Å²) in [5.41, 5.74) is 0. The van der Waals surface area contributed by atoms with Gasteiger partial charge in [-0.1, -0.05) is 13.8 Å². The van der Waals surface area contributed by atoms with Gasteiger partial charge in [0.2, 0.25) is 11.2 Å². The Morgan fingerprint density at radius 2 is 2.15 bits per heavy atom. The van der Waals surface area contributed by atoms with Crippen molar-refractivity contribution in [3.63, 3.8) is 0 Å². The molecule has 0 aliphatic heterocycles. The van der Waals surface area contributed by atoms with Gasteiger partial charge in [0.1, 0.15) is 12.7 Å². The zero-order valence-electron chi connectivity index (χ0n) is 11.4. The lowest BCUT2D eigenvalue weighted by atomic mass is 10.2. The molecule has 1 aliphatic rings. The Labute approximate surface area is 122 Å². The Kier molecular flexibility index (Phi) is 3.52. The molecule has 0 amide bonds. The Balaban J connectivity index is 1.95. The number of rotatable bonds is 5. The number of halogens is 1. The monoisotopic (exact) mass is 293 g/mol. The number of aromatic nitrogens is 6. The van der Waals surface area contributed by atoms with Gasteiger partial charge in [-0.3, -0.25) is 0 Å². The maximum atomic E-state index is 6.02. The van der Waals surface area contributed by atoms with Crippen LogP contribution in [0.15, 0.2) is 12.7 Å². The molecule has 0 radical (unpaired) electrons. The number of hydrogen-bond acceptors (Lipinski definition) is 6. The molecule has 1 fully saturated rings. The van der Waals surface area contributed by atoms with Gasteiger partial charge in [0.15, 0.2) is 0 Å².